The van der Waals surface area contributed by atoms with Crippen LogP contribution < -0.4 is 25.6 Å². The zero-order valence-corrected chi connectivity index (χ0v) is 20.4. The van der Waals surface area contributed by atoms with Crippen LogP contribution in [0.1, 0.15) is 21.5 Å². The van der Waals surface area contributed by atoms with E-state index in [4.69, 9.17) is 4.74 Å². The summed E-state index contributed by atoms with van der Waals surface area (Å²) in [6.07, 6.45) is 6.95. The first-order valence-electron chi connectivity index (χ1n) is 12.2. The average molecular weight is 495 g/mol. The summed E-state index contributed by atoms with van der Waals surface area (Å²) in [5.41, 5.74) is 4.87. The molecular weight excluding hydrogens is 468 g/mol. The van der Waals surface area contributed by atoms with Crippen molar-refractivity contribution in [1.82, 2.24) is 25.3 Å². The standard InChI is InChI=1S/C27H26N8O2/c1-37-27-22-12-17(2-3-23(22)32-16-33-27)20-5-7-30-25-21(20)14-19(15-31-25)34-26(36)18-4-6-29-24(13-18)35-10-8-28-9-11-35/h2-6,12-16,28H,7-11H2,1H3,(H,30,31)(H,34,36). The molecule has 2 aliphatic rings. The molecule has 1 aromatic carbocycles. The van der Waals surface area contributed by atoms with E-state index in [-0.39, 0.29) is 5.91 Å². The number of carbonyl (C=O) groups is 1. The Morgan fingerprint density at radius 3 is 2.81 bits per heavy atom. The Morgan fingerprint density at radius 2 is 1.95 bits per heavy atom. The first-order valence-corrected chi connectivity index (χ1v) is 12.2. The van der Waals surface area contributed by atoms with Crippen LogP contribution in [-0.4, -0.2) is 65.7 Å². The molecule has 0 bridgehead atoms. The second-order valence-corrected chi connectivity index (χ2v) is 8.83. The summed E-state index contributed by atoms with van der Waals surface area (Å²) < 4.78 is 5.44. The molecule has 6 rings (SSSR count). The van der Waals surface area contributed by atoms with Crippen LogP contribution in [0, 0.1) is 0 Å². The number of carbonyl (C=O) groups excluding carboxylic acids is 1. The third-order valence-electron chi connectivity index (χ3n) is 6.56. The van der Waals surface area contributed by atoms with Gasteiger partial charge in [-0.3, -0.25) is 4.79 Å². The summed E-state index contributed by atoms with van der Waals surface area (Å²) in [6.45, 7) is 4.18. The van der Waals surface area contributed by atoms with Crippen molar-refractivity contribution in [2.75, 3.05) is 55.4 Å². The van der Waals surface area contributed by atoms with Gasteiger partial charge in [-0.15, -0.1) is 0 Å². The highest BCUT2D eigenvalue weighted by molar-refractivity contribution is 6.05. The number of amides is 1. The lowest BCUT2D eigenvalue weighted by atomic mass is 9.94. The molecule has 4 aromatic rings. The number of ether oxygens (including phenoxy) is 1. The number of nitrogens with zero attached hydrogens (tertiary/aromatic N) is 5. The zero-order chi connectivity index (χ0) is 25.2. The van der Waals surface area contributed by atoms with Gasteiger partial charge in [-0.05, 0) is 41.5 Å². The summed E-state index contributed by atoms with van der Waals surface area (Å²) in [5, 5.41) is 10.5. The van der Waals surface area contributed by atoms with Gasteiger partial charge in [-0.2, -0.15) is 0 Å². The van der Waals surface area contributed by atoms with E-state index in [0.29, 0.717) is 23.7 Å². The molecule has 0 aliphatic carbocycles. The second-order valence-electron chi connectivity index (χ2n) is 8.83. The highest BCUT2D eigenvalue weighted by Crippen LogP contribution is 2.35. The van der Waals surface area contributed by atoms with E-state index < -0.39 is 0 Å². The number of benzene rings is 1. The van der Waals surface area contributed by atoms with Gasteiger partial charge in [-0.1, -0.05) is 12.1 Å². The van der Waals surface area contributed by atoms with E-state index >= 15 is 0 Å². The molecule has 0 saturated carbocycles. The van der Waals surface area contributed by atoms with E-state index in [0.717, 1.165) is 65.4 Å². The fourth-order valence-electron chi connectivity index (χ4n) is 4.71. The Bertz CT molecular complexity index is 1510. The monoisotopic (exact) mass is 494 g/mol. The molecule has 186 valence electrons. The average Bonchev–Trinajstić information content (AvgIpc) is 2.96. The van der Waals surface area contributed by atoms with Crippen molar-refractivity contribution in [1.29, 1.82) is 0 Å². The van der Waals surface area contributed by atoms with Crippen LogP contribution >= 0.6 is 0 Å². The number of nitrogens with one attached hydrogen (secondary N) is 3. The first kappa shape index (κ1) is 22.9. The molecule has 0 atom stereocenters. The molecule has 5 heterocycles. The minimum Gasteiger partial charge on any atom is -0.480 e. The van der Waals surface area contributed by atoms with E-state index in [1.165, 1.54) is 6.33 Å². The summed E-state index contributed by atoms with van der Waals surface area (Å²) in [6, 6.07) is 11.5. The molecule has 3 N–H and O–H groups in total. The summed E-state index contributed by atoms with van der Waals surface area (Å²) >= 11 is 0. The number of piperazine rings is 1. The van der Waals surface area contributed by atoms with Crippen molar-refractivity contribution in [3.63, 3.8) is 0 Å². The van der Waals surface area contributed by atoms with Crippen molar-refractivity contribution in [2.45, 2.75) is 0 Å². The maximum atomic E-state index is 13.1. The third-order valence-corrected chi connectivity index (χ3v) is 6.56. The molecule has 10 heteroatoms. The lowest BCUT2D eigenvalue weighted by Crippen LogP contribution is -2.43. The smallest absolute Gasteiger partial charge is 0.255 e. The number of rotatable bonds is 5. The Balaban J connectivity index is 1.28. The minimum atomic E-state index is -0.206. The summed E-state index contributed by atoms with van der Waals surface area (Å²) in [5.74, 6) is 1.89. The predicted molar refractivity (Wildman–Crippen MR) is 143 cm³/mol. The second kappa shape index (κ2) is 9.82. The highest BCUT2D eigenvalue weighted by Gasteiger charge is 2.19. The predicted octanol–water partition coefficient (Wildman–Crippen LogP) is 2.95. The van der Waals surface area contributed by atoms with Gasteiger partial charge in [0.2, 0.25) is 5.88 Å². The maximum Gasteiger partial charge on any atom is 0.255 e. The number of aromatic nitrogens is 4. The Labute approximate surface area is 213 Å². The van der Waals surface area contributed by atoms with Crippen LogP contribution in [0.25, 0.3) is 16.5 Å². The van der Waals surface area contributed by atoms with Gasteiger partial charge in [-0.25, -0.2) is 19.9 Å². The van der Waals surface area contributed by atoms with Gasteiger partial charge in [0.1, 0.15) is 18.0 Å². The minimum absolute atomic E-state index is 0.206. The molecule has 3 aromatic heterocycles. The molecule has 0 unspecified atom stereocenters. The molecule has 2 aliphatic heterocycles. The van der Waals surface area contributed by atoms with Gasteiger partial charge in [0.15, 0.2) is 0 Å². The highest BCUT2D eigenvalue weighted by atomic mass is 16.5. The quantitative estimate of drug-likeness (QED) is 0.385. The molecule has 1 saturated heterocycles. The first-order chi connectivity index (χ1) is 18.2. The van der Waals surface area contributed by atoms with Crippen LogP contribution in [0.4, 0.5) is 17.3 Å². The van der Waals surface area contributed by atoms with Gasteiger partial charge in [0, 0.05) is 50.0 Å². The van der Waals surface area contributed by atoms with Crippen LogP contribution in [0.5, 0.6) is 5.88 Å². The van der Waals surface area contributed by atoms with Gasteiger partial charge >= 0.3 is 0 Å². The lowest BCUT2D eigenvalue weighted by Gasteiger charge is -2.28. The SMILES string of the molecule is COc1ncnc2ccc(C3=CCNc4ncc(NC(=O)c5ccnc(N6CCNCC6)c5)cc43)cc12. The van der Waals surface area contributed by atoms with Gasteiger partial charge < -0.3 is 25.6 Å². The molecule has 37 heavy (non-hydrogen) atoms. The Morgan fingerprint density at radius 1 is 1.05 bits per heavy atom. The van der Waals surface area contributed by atoms with Crippen LogP contribution in [0.3, 0.4) is 0 Å². The fourth-order valence-corrected chi connectivity index (χ4v) is 4.71. The van der Waals surface area contributed by atoms with Crippen LogP contribution in [0.15, 0.2) is 61.2 Å². The van der Waals surface area contributed by atoms with Crippen LogP contribution in [-0.2, 0) is 0 Å². The summed E-state index contributed by atoms with van der Waals surface area (Å²) in [4.78, 5) is 32.9. The number of fused-ring (bicyclic) bond motifs is 2. The van der Waals surface area contributed by atoms with Crippen molar-refractivity contribution < 1.29 is 9.53 Å². The van der Waals surface area contributed by atoms with Crippen molar-refractivity contribution in [2.24, 2.45) is 0 Å². The Hall–Kier alpha value is -4.57. The molecule has 1 fully saturated rings. The normalized spacial score (nSPS) is 14.9. The maximum absolute atomic E-state index is 13.1. The molecule has 10 nitrogen and oxygen atoms in total. The number of hydrogen-bond acceptors (Lipinski definition) is 9. The number of pyridine rings is 2. The number of hydrogen-bond donors (Lipinski definition) is 3. The van der Waals surface area contributed by atoms with E-state index in [1.54, 1.807) is 25.6 Å². The molecule has 0 spiro atoms. The molecule has 1 amide bonds. The van der Waals surface area contributed by atoms with Crippen molar-refractivity contribution in [3.05, 3.63) is 77.9 Å². The van der Waals surface area contributed by atoms with E-state index in [2.05, 4.69) is 46.9 Å². The third kappa shape index (κ3) is 4.54. The number of methoxy groups -OCH3 is 1. The summed E-state index contributed by atoms with van der Waals surface area (Å²) in [7, 11) is 1.60. The number of anilines is 3. The van der Waals surface area contributed by atoms with Gasteiger partial charge in [0.05, 0.1) is 29.9 Å². The fraction of sp³-hybridized carbons (Fsp3) is 0.222. The van der Waals surface area contributed by atoms with Crippen molar-refractivity contribution in [3.8, 4) is 5.88 Å². The Kier molecular flexibility index (Phi) is 6.07. The van der Waals surface area contributed by atoms with Crippen molar-refractivity contribution >= 4 is 39.7 Å². The molecular formula is C27H26N8O2. The largest absolute Gasteiger partial charge is 0.480 e. The van der Waals surface area contributed by atoms with Crippen LogP contribution in [0.2, 0.25) is 0 Å². The topological polar surface area (TPSA) is 117 Å². The zero-order valence-electron chi connectivity index (χ0n) is 20.4. The van der Waals surface area contributed by atoms with Gasteiger partial charge in [0.25, 0.3) is 5.91 Å². The van der Waals surface area contributed by atoms with E-state index in [1.807, 2.05) is 30.3 Å². The van der Waals surface area contributed by atoms with E-state index in [9.17, 15) is 4.79 Å². The molecule has 0 radical (unpaired) electrons. The lowest BCUT2D eigenvalue weighted by molar-refractivity contribution is 0.102.